The maximum Gasteiger partial charge on any atom is 0.573 e. The van der Waals surface area contributed by atoms with E-state index in [-0.39, 0.29) is 5.75 Å². The Bertz CT molecular complexity index is 622. The number of hydrogen-bond acceptors (Lipinski definition) is 1. The highest BCUT2D eigenvalue weighted by Gasteiger charge is 2.31. The first-order valence-electron chi connectivity index (χ1n) is 9.76. The molecule has 1 nitrogen and oxygen atoms in total. The van der Waals surface area contributed by atoms with E-state index in [1.54, 1.807) is 12.1 Å². The fourth-order valence-electron chi connectivity index (χ4n) is 4.42. The molecule has 2 aliphatic rings. The standard InChI is InChI=1S/C22H27F3O/c1-16-2-10-19(11-3-16)20-12-6-17(7-13-20)4-5-18-8-14-21(15-9-18)26-22(23,24)25/h8-9,14-17,19-20H,2-3,6-7,10-13H2,1H3/t16-,17-,19-,20-. The molecule has 1 aromatic rings. The quantitative estimate of drug-likeness (QED) is 0.539. The van der Waals surface area contributed by atoms with E-state index in [4.69, 9.17) is 0 Å². The monoisotopic (exact) mass is 364 g/mol. The van der Waals surface area contributed by atoms with E-state index in [9.17, 15) is 13.2 Å². The van der Waals surface area contributed by atoms with Gasteiger partial charge in [-0.1, -0.05) is 31.6 Å². The summed E-state index contributed by atoms with van der Waals surface area (Å²) in [4.78, 5) is 0. The zero-order valence-electron chi connectivity index (χ0n) is 15.3. The summed E-state index contributed by atoms with van der Waals surface area (Å²) in [5.74, 6) is 9.35. The van der Waals surface area contributed by atoms with Gasteiger partial charge in [0.2, 0.25) is 0 Å². The lowest BCUT2D eigenvalue weighted by Crippen LogP contribution is -2.24. The van der Waals surface area contributed by atoms with Crippen LogP contribution in [-0.2, 0) is 0 Å². The summed E-state index contributed by atoms with van der Waals surface area (Å²) in [6.45, 7) is 2.37. The van der Waals surface area contributed by atoms with E-state index in [1.807, 2.05) is 0 Å². The van der Waals surface area contributed by atoms with Crippen molar-refractivity contribution in [3.05, 3.63) is 29.8 Å². The Morgan fingerprint density at radius 1 is 0.846 bits per heavy atom. The van der Waals surface area contributed by atoms with Crippen molar-refractivity contribution in [1.82, 2.24) is 0 Å². The summed E-state index contributed by atoms with van der Waals surface area (Å²) in [5.41, 5.74) is 0.739. The van der Waals surface area contributed by atoms with Crippen molar-refractivity contribution < 1.29 is 17.9 Å². The molecule has 0 bridgehead atoms. The smallest absolute Gasteiger partial charge is 0.406 e. The molecule has 0 saturated heterocycles. The highest BCUT2D eigenvalue weighted by atomic mass is 19.4. The van der Waals surface area contributed by atoms with E-state index in [0.717, 1.165) is 36.2 Å². The van der Waals surface area contributed by atoms with Gasteiger partial charge in [0, 0.05) is 11.5 Å². The van der Waals surface area contributed by atoms with Crippen LogP contribution in [0.5, 0.6) is 5.75 Å². The molecule has 4 heteroatoms. The van der Waals surface area contributed by atoms with Crippen molar-refractivity contribution in [2.75, 3.05) is 0 Å². The van der Waals surface area contributed by atoms with E-state index in [0.29, 0.717) is 5.92 Å². The largest absolute Gasteiger partial charge is 0.573 e. The molecule has 0 unspecified atom stereocenters. The molecule has 0 aliphatic heterocycles. The third-order valence-corrected chi connectivity index (χ3v) is 6.01. The minimum atomic E-state index is -4.65. The van der Waals surface area contributed by atoms with Crippen LogP contribution in [0.25, 0.3) is 0 Å². The molecule has 142 valence electrons. The lowest BCUT2D eigenvalue weighted by Gasteiger charge is -2.36. The molecule has 1 aromatic carbocycles. The Balaban J connectivity index is 1.47. The zero-order chi connectivity index (χ0) is 18.6. The van der Waals surface area contributed by atoms with Gasteiger partial charge in [-0.25, -0.2) is 0 Å². The van der Waals surface area contributed by atoms with Crippen LogP contribution in [0, 0.1) is 35.5 Å². The maximum atomic E-state index is 12.2. The van der Waals surface area contributed by atoms with Gasteiger partial charge in [-0.15, -0.1) is 13.2 Å². The van der Waals surface area contributed by atoms with Gasteiger partial charge in [0.25, 0.3) is 0 Å². The lowest BCUT2D eigenvalue weighted by molar-refractivity contribution is -0.274. The average Bonchev–Trinajstić information content (AvgIpc) is 2.61. The predicted molar refractivity (Wildman–Crippen MR) is 96.6 cm³/mol. The van der Waals surface area contributed by atoms with Gasteiger partial charge < -0.3 is 4.74 Å². The van der Waals surface area contributed by atoms with Gasteiger partial charge in [-0.05, 0) is 80.5 Å². The van der Waals surface area contributed by atoms with Crippen molar-refractivity contribution >= 4 is 0 Å². The number of halogens is 3. The zero-order valence-corrected chi connectivity index (χ0v) is 15.3. The summed E-state index contributed by atoms with van der Waals surface area (Å²) < 4.78 is 40.4. The minimum Gasteiger partial charge on any atom is -0.406 e. The van der Waals surface area contributed by atoms with Crippen LogP contribution in [-0.4, -0.2) is 6.36 Å². The van der Waals surface area contributed by atoms with Crippen LogP contribution in [0.15, 0.2) is 24.3 Å². The summed E-state index contributed by atoms with van der Waals surface area (Å²) in [5, 5.41) is 0. The fourth-order valence-corrected chi connectivity index (χ4v) is 4.42. The first-order chi connectivity index (χ1) is 12.4. The molecule has 0 spiro atoms. The number of hydrogen-bond donors (Lipinski definition) is 0. The van der Waals surface area contributed by atoms with Crippen molar-refractivity contribution in [2.45, 2.75) is 64.7 Å². The average molecular weight is 364 g/mol. The second kappa shape index (κ2) is 8.37. The number of ether oxygens (including phenoxy) is 1. The first-order valence-corrected chi connectivity index (χ1v) is 9.76. The first kappa shape index (κ1) is 19.1. The normalized spacial score (nSPS) is 29.5. The second-order valence-electron chi connectivity index (χ2n) is 7.97. The second-order valence-corrected chi connectivity index (χ2v) is 7.97. The Morgan fingerprint density at radius 3 is 1.92 bits per heavy atom. The molecule has 0 radical (unpaired) electrons. The Kier molecular flexibility index (Phi) is 6.16. The molecule has 2 aliphatic carbocycles. The van der Waals surface area contributed by atoms with Crippen LogP contribution in [0.1, 0.15) is 63.9 Å². The van der Waals surface area contributed by atoms with Crippen molar-refractivity contribution in [3.8, 4) is 17.6 Å². The summed E-state index contributed by atoms with van der Waals surface area (Å²) in [6.07, 6.45) is 5.77. The van der Waals surface area contributed by atoms with Crippen LogP contribution in [0.2, 0.25) is 0 Å². The molecular formula is C22H27F3O. The maximum absolute atomic E-state index is 12.2. The lowest BCUT2D eigenvalue weighted by atomic mass is 9.69. The number of alkyl halides is 3. The third kappa shape index (κ3) is 5.69. The Morgan fingerprint density at radius 2 is 1.38 bits per heavy atom. The van der Waals surface area contributed by atoms with Crippen LogP contribution < -0.4 is 4.74 Å². The molecule has 26 heavy (non-hydrogen) atoms. The van der Waals surface area contributed by atoms with E-state index in [1.165, 1.54) is 50.7 Å². The van der Waals surface area contributed by atoms with Crippen LogP contribution in [0.3, 0.4) is 0 Å². The van der Waals surface area contributed by atoms with Gasteiger partial charge in [-0.3, -0.25) is 0 Å². The molecule has 0 N–H and O–H groups in total. The molecule has 0 aromatic heterocycles. The van der Waals surface area contributed by atoms with E-state index >= 15 is 0 Å². The fraction of sp³-hybridized carbons (Fsp3) is 0.636. The highest BCUT2D eigenvalue weighted by Crippen LogP contribution is 2.41. The summed E-state index contributed by atoms with van der Waals surface area (Å²) >= 11 is 0. The van der Waals surface area contributed by atoms with Gasteiger partial charge >= 0.3 is 6.36 Å². The highest BCUT2D eigenvalue weighted by molar-refractivity contribution is 5.38. The van der Waals surface area contributed by atoms with Crippen molar-refractivity contribution in [2.24, 2.45) is 23.7 Å². The van der Waals surface area contributed by atoms with Crippen molar-refractivity contribution in [1.29, 1.82) is 0 Å². The van der Waals surface area contributed by atoms with Crippen molar-refractivity contribution in [3.63, 3.8) is 0 Å². The molecule has 2 fully saturated rings. The Labute approximate surface area is 154 Å². The van der Waals surface area contributed by atoms with E-state index < -0.39 is 6.36 Å². The molecule has 2 saturated carbocycles. The molecule has 0 heterocycles. The topological polar surface area (TPSA) is 9.23 Å². The molecule has 0 amide bonds. The molecule has 3 rings (SSSR count). The van der Waals surface area contributed by atoms with E-state index in [2.05, 4.69) is 23.5 Å². The van der Waals surface area contributed by atoms with Crippen LogP contribution >= 0.6 is 0 Å². The molecular weight excluding hydrogens is 337 g/mol. The Hall–Kier alpha value is -1.63. The number of benzene rings is 1. The van der Waals surface area contributed by atoms with Gasteiger partial charge in [0.15, 0.2) is 0 Å². The van der Waals surface area contributed by atoms with Gasteiger partial charge in [0.1, 0.15) is 5.75 Å². The summed E-state index contributed by atoms with van der Waals surface area (Å²) in [6, 6.07) is 5.81. The number of rotatable bonds is 2. The van der Waals surface area contributed by atoms with Crippen LogP contribution in [0.4, 0.5) is 13.2 Å². The molecule has 0 atom stereocenters. The third-order valence-electron chi connectivity index (χ3n) is 6.01. The SMILES string of the molecule is C[C@H]1CC[C@H]([C@H]2CC[C@H](C#Cc3ccc(OC(F)(F)F)cc3)CC2)CC1. The predicted octanol–water partition coefficient (Wildman–Crippen LogP) is 6.57. The minimum absolute atomic E-state index is 0.203. The summed E-state index contributed by atoms with van der Waals surface area (Å²) in [7, 11) is 0. The van der Waals surface area contributed by atoms with Gasteiger partial charge in [0.05, 0.1) is 0 Å². The van der Waals surface area contributed by atoms with Gasteiger partial charge in [-0.2, -0.15) is 0 Å².